The normalized spacial score (nSPS) is 12.0. The zero-order valence-corrected chi connectivity index (χ0v) is 22.2. The summed E-state index contributed by atoms with van der Waals surface area (Å²) in [6.45, 7) is 7.19. The molecule has 0 amide bonds. The monoisotopic (exact) mass is 508 g/mol. The summed E-state index contributed by atoms with van der Waals surface area (Å²) >= 11 is 0. The van der Waals surface area contributed by atoms with Gasteiger partial charge in [-0.25, -0.2) is 0 Å². The average molecular weight is 509 g/mol. The molecule has 1 heterocycles. The number of nitrogens with zero attached hydrogens (tertiary/aromatic N) is 2. The Morgan fingerprint density at radius 2 is 1.53 bits per heavy atom. The number of aryl methyl sites for hydroxylation is 1. The summed E-state index contributed by atoms with van der Waals surface area (Å²) in [6, 6.07) is 34.9. The second-order valence-corrected chi connectivity index (χ2v) is 9.97. The van der Waals surface area contributed by atoms with Gasteiger partial charge in [-0.2, -0.15) is 0 Å². The van der Waals surface area contributed by atoms with E-state index in [0.29, 0.717) is 12.4 Å². The lowest BCUT2D eigenvalue weighted by Crippen LogP contribution is -2.34. The van der Waals surface area contributed by atoms with Gasteiger partial charge >= 0.3 is 5.97 Å². The molecule has 0 fully saturated rings. The standard InChI is InChI=1S/C33H36N2O3/c1-25(24-38-31-18-10-12-27(19-31)20-33(36)37)21-35(22-30-17-9-11-26(2)34-30)23-32(28-13-5-3-6-14-28)29-15-7-4-8-16-29/h3-19,25,32H,20-24H2,1-2H3,(H,36,37). The smallest absolute Gasteiger partial charge is 0.307 e. The van der Waals surface area contributed by atoms with Crippen molar-refractivity contribution in [3.05, 3.63) is 131 Å². The maximum atomic E-state index is 11.1. The Morgan fingerprint density at radius 3 is 2.16 bits per heavy atom. The number of ether oxygens (including phenoxy) is 1. The fraction of sp³-hybridized carbons (Fsp3) is 0.273. The molecule has 1 aromatic heterocycles. The van der Waals surface area contributed by atoms with Gasteiger partial charge in [0.25, 0.3) is 0 Å². The third kappa shape index (κ3) is 8.29. The molecule has 1 atom stereocenters. The number of hydrogen-bond acceptors (Lipinski definition) is 4. The molecule has 0 saturated carbocycles. The van der Waals surface area contributed by atoms with Gasteiger partial charge in [-0.1, -0.05) is 85.8 Å². The minimum atomic E-state index is -0.845. The van der Waals surface area contributed by atoms with Gasteiger partial charge in [0.05, 0.1) is 18.7 Å². The Bertz CT molecular complexity index is 1250. The van der Waals surface area contributed by atoms with Gasteiger partial charge < -0.3 is 9.84 Å². The van der Waals surface area contributed by atoms with Crippen LogP contribution >= 0.6 is 0 Å². The van der Waals surface area contributed by atoms with Crippen LogP contribution in [0.5, 0.6) is 5.75 Å². The molecule has 0 aliphatic carbocycles. The minimum Gasteiger partial charge on any atom is -0.493 e. The van der Waals surface area contributed by atoms with Gasteiger partial charge in [-0.15, -0.1) is 0 Å². The zero-order chi connectivity index (χ0) is 26.7. The van der Waals surface area contributed by atoms with E-state index in [0.717, 1.165) is 36.6 Å². The summed E-state index contributed by atoms with van der Waals surface area (Å²) in [7, 11) is 0. The first-order valence-corrected chi connectivity index (χ1v) is 13.1. The Balaban J connectivity index is 1.51. The first-order valence-electron chi connectivity index (χ1n) is 13.1. The Morgan fingerprint density at radius 1 is 0.868 bits per heavy atom. The number of carboxylic acid groups (broad SMARTS) is 1. The van der Waals surface area contributed by atoms with Crippen LogP contribution in [0, 0.1) is 12.8 Å². The van der Waals surface area contributed by atoms with Crippen molar-refractivity contribution >= 4 is 5.97 Å². The predicted octanol–water partition coefficient (Wildman–Crippen LogP) is 6.37. The Labute approximate surface area is 225 Å². The second kappa shape index (κ2) is 13.5. The summed E-state index contributed by atoms with van der Waals surface area (Å²) in [5.74, 6) is 0.328. The lowest BCUT2D eigenvalue weighted by atomic mass is 9.90. The molecule has 4 aromatic rings. The predicted molar refractivity (Wildman–Crippen MR) is 151 cm³/mol. The van der Waals surface area contributed by atoms with E-state index in [1.165, 1.54) is 11.1 Å². The summed E-state index contributed by atoms with van der Waals surface area (Å²) in [5, 5.41) is 9.10. The van der Waals surface area contributed by atoms with Gasteiger partial charge in [0.1, 0.15) is 5.75 Å². The van der Waals surface area contributed by atoms with E-state index in [4.69, 9.17) is 14.8 Å². The molecule has 3 aromatic carbocycles. The van der Waals surface area contributed by atoms with E-state index in [1.54, 1.807) is 0 Å². The van der Waals surface area contributed by atoms with Crippen molar-refractivity contribution in [1.29, 1.82) is 0 Å². The first kappa shape index (κ1) is 27.1. The molecular weight excluding hydrogens is 472 g/mol. The molecule has 1 N–H and O–H groups in total. The molecule has 0 aliphatic rings. The van der Waals surface area contributed by atoms with Crippen LogP contribution in [0.1, 0.15) is 40.9 Å². The number of rotatable bonds is 13. The molecular formula is C33H36N2O3. The number of hydrogen-bond donors (Lipinski definition) is 1. The molecule has 0 saturated heterocycles. The number of benzene rings is 3. The number of pyridine rings is 1. The summed E-state index contributed by atoms with van der Waals surface area (Å²) in [6.07, 6.45) is -0.00954. The Hall–Kier alpha value is -3.96. The van der Waals surface area contributed by atoms with Crippen LogP contribution in [0.4, 0.5) is 0 Å². The van der Waals surface area contributed by atoms with Crippen LogP contribution in [0.3, 0.4) is 0 Å². The lowest BCUT2D eigenvalue weighted by molar-refractivity contribution is -0.136. The van der Waals surface area contributed by atoms with Crippen LogP contribution in [0.25, 0.3) is 0 Å². The van der Waals surface area contributed by atoms with E-state index >= 15 is 0 Å². The maximum absolute atomic E-state index is 11.1. The summed E-state index contributed by atoms with van der Waals surface area (Å²) in [4.78, 5) is 18.3. The maximum Gasteiger partial charge on any atom is 0.307 e. The van der Waals surface area contributed by atoms with Crippen molar-refractivity contribution in [3.63, 3.8) is 0 Å². The summed E-state index contributed by atoms with van der Waals surface area (Å²) < 4.78 is 6.10. The molecule has 0 bridgehead atoms. The van der Waals surface area contributed by atoms with Crippen LogP contribution < -0.4 is 4.74 Å². The number of aliphatic carboxylic acids is 1. The van der Waals surface area contributed by atoms with Crippen LogP contribution in [0.2, 0.25) is 0 Å². The van der Waals surface area contributed by atoms with E-state index in [2.05, 4.69) is 84.6 Å². The number of carbonyl (C=O) groups is 1. The third-order valence-electron chi connectivity index (χ3n) is 6.53. The van der Waals surface area contributed by atoms with Crippen molar-refractivity contribution in [1.82, 2.24) is 9.88 Å². The highest BCUT2D eigenvalue weighted by Gasteiger charge is 2.21. The van der Waals surface area contributed by atoms with E-state index in [1.807, 2.05) is 37.3 Å². The molecule has 0 radical (unpaired) electrons. The van der Waals surface area contributed by atoms with Crippen molar-refractivity contribution in [2.24, 2.45) is 5.92 Å². The average Bonchev–Trinajstić information content (AvgIpc) is 2.91. The molecule has 38 heavy (non-hydrogen) atoms. The molecule has 4 rings (SSSR count). The first-order chi connectivity index (χ1) is 18.5. The Kier molecular flexibility index (Phi) is 9.65. The van der Waals surface area contributed by atoms with Crippen LogP contribution in [-0.2, 0) is 17.8 Å². The van der Waals surface area contributed by atoms with Gasteiger partial charge in [0.2, 0.25) is 0 Å². The minimum absolute atomic E-state index is 0.00954. The topological polar surface area (TPSA) is 62.7 Å². The van der Waals surface area contributed by atoms with E-state index in [9.17, 15) is 4.79 Å². The van der Waals surface area contributed by atoms with Crippen molar-refractivity contribution in [2.45, 2.75) is 32.7 Å². The highest BCUT2D eigenvalue weighted by atomic mass is 16.5. The number of aromatic nitrogens is 1. The van der Waals surface area contributed by atoms with Crippen molar-refractivity contribution < 1.29 is 14.6 Å². The molecule has 0 aliphatic heterocycles. The highest BCUT2D eigenvalue weighted by Crippen LogP contribution is 2.27. The summed E-state index contributed by atoms with van der Waals surface area (Å²) in [5.41, 5.74) is 5.39. The molecule has 196 valence electrons. The molecule has 0 spiro atoms. The van der Waals surface area contributed by atoms with Crippen LogP contribution in [0.15, 0.2) is 103 Å². The third-order valence-corrected chi connectivity index (χ3v) is 6.53. The van der Waals surface area contributed by atoms with E-state index < -0.39 is 5.97 Å². The largest absolute Gasteiger partial charge is 0.493 e. The molecule has 5 nitrogen and oxygen atoms in total. The van der Waals surface area contributed by atoms with E-state index in [-0.39, 0.29) is 18.3 Å². The molecule has 1 unspecified atom stereocenters. The van der Waals surface area contributed by atoms with Crippen LogP contribution in [-0.4, -0.2) is 40.7 Å². The van der Waals surface area contributed by atoms with Gasteiger partial charge in [0.15, 0.2) is 0 Å². The quantitative estimate of drug-likeness (QED) is 0.227. The zero-order valence-electron chi connectivity index (χ0n) is 22.2. The van der Waals surface area contributed by atoms with Crippen molar-refractivity contribution in [3.8, 4) is 5.75 Å². The highest BCUT2D eigenvalue weighted by molar-refractivity contribution is 5.70. The van der Waals surface area contributed by atoms with Gasteiger partial charge in [-0.3, -0.25) is 14.7 Å². The van der Waals surface area contributed by atoms with Gasteiger partial charge in [-0.05, 0) is 47.9 Å². The van der Waals surface area contributed by atoms with Gasteiger partial charge in [0, 0.05) is 37.2 Å². The fourth-order valence-electron chi connectivity index (χ4n) is 4.80. The second-order valence-electron chi connectivity index (χ2n) is 9.97. The lowest BCUT2D eigenvalue weighted by Gasteiger charge is -2.30. The number of carboxylic acids is 1. The SMILES string of the molecule is Cc1cccc(CN(CC(C)COc2cccc(CC(=O)O)c2)CC(c2ccccc2)c2ccccc2)n1. The van der Waals surface area contributed by atoms with Crippen molar-refractivity contribution in [2.75, 3.05) is 19.7 Å². The fourth-order valence-corrected chi connectivity index (χ4v) is 4.80. The molecule has 5 heteroatoms.